The van der Waals surface area contributed by atoms with Gasteiger partial charge < -0.3 is 14.6 Å². The van der Waals surface area contributed by atoms with Crippen molar-refractivity contribution in [2.24, 2.45) is 5.41 Å². The largest absolute Gasteiger partial charge is 0.530 e. The molecule has 0 aromatic heterocycles. The van der Waals surface area contributed by atoms with E-state index in [2.05, 4.69) is 10.1 Å². The maximum atomic E-state index is 13.0. The fourth-order valence-electron chi connectivity index (χ4n) is 2.51. The van der Waals surface area contributed by atoms with Crippen molar-refractivity contribution < 1.29 is 33.9 Å². The first-order valence-corrected chi connectivity index (χ1v) is 10.1. The van der Waals surface area contributed by atoms with Gasteiger partial charge in [0.2, 0.25) is 5.91 Å². The van der Waals surface area contributed by atoms with Gasteiger partial charge in [-0.25, -0.2) is 4.57 Å². The van der Waals surface area contributed by atoms with Crippen molar-refractivity contribution in [1.82, 2.24) is 5.32 Å². The SMILES string of the molecule is COC(=O)CCNC(=O)[C@@H]1OP(=O)(Oc2ccc(C#N)cc2)OCCC1(C)C.[HH]. The van der Waals surface area contributed by atoms with Crippen LogP contribution in [0.3, 0.4) is 0 Å². The highest BCUT2D eigenvalue weighted by Crippen LogP contribution is 2.55. The van der Waals surface area contributed by atoms with Gasteiger partial charge in [-0.05, 0) is 30.7 Å². The first kappa shape index (κ1) is 21.9. The van der Waals surface area contributed by atoms with Crippen LogP contribution < -0.4 is 9.84 Å². The molecule has 1 amide bonds. The van der Waals surface area contributed by atoms with Crippen LogP contribution >= 0.6 is 7.82 Å². The number of carbonyl (C=O) groups excluding carboxylic acids is 2. The number of phosphoric acid groups is 1. The van der Waals surface area contributed by atoms with Crippen LogP contribution in [0.5, 0.6) is 5.75 Å². The predicted molar refractivity (Wildman–Crippen MR) is 100 cm³/mol. The summed E-state index contributed by atoms with van der Waals surface area (Å²) < 4.78 is 33.8. The molecule has 28 heavy (non-hydrogen) atoms. The number of esters is 1. The molecular weight excluding hydrogens is 387 g/mol. The normalized spacial score (nSPS) is 23.7. The summed E-state index contributed by atoms with van der Waals surface area (Å²) in [6.45, 7) is 3.71. The Balaban J connectivity index is 0.00000420. The molecule has 0 radical (unpaired) electrons. The Morgan fingerprint density at radius 3 is 2.68 bits per heavy atom. The van der Waals surface area contributed by atoms with E-state index >= 15 is 0 Å². The third-order valence-corrected chi connectivity index (χ3v) is 5.64. The quantitative estimate of drug-likeness (QED) is 0.559. The van der Waals surface area contributed by atoms with Gasteiger partial charge >= 0.3 is 13.8 Å². The summed E-state index contributed by atoms with van der Waals surface area (Å²) in [5, 5.41) is 11.4. The van der Waals surface area contributed by atoms with Gasteiger partial charge in [0, 0.05) is 13.4 Å². The molecule has 0 bridgehead atoms. The number of nitrogens with one attached hydrogen (secondary N) is 1. The van der Waals surface area contributed by atoms with E-state index in [0.29, 0.717) is 12.0 Å². The molecule has 0 aliphatic carbocycles. The molecular formula is C18H25N2O7P. The summed E-state index contributed by atoms with van der Waals surface area (Å²) in [4.78, 5) is 23.8. The smallest absolute Gasteiger partial charge is 0.469 e. The highest BCUT2D eigenvalue weighted by molar-refractivity contribution is 7.49. The standard InChI is InChI=1S/C18H23N2O7P.H2/c1-18(2)9-11-25-28(23,26-14-6-4-13(12-19)5-7-14)27-16(18)17(22)20-10-8-15(21)24-3;/h4-7,16H,8-11H2,1-3H3,(H,20,22);1H/t16-,28?;/m0./s1. The topological polar surface area (TPSA) is 124 Å². The molecule has 9 nitrogen and oxygen atoms in total. The minimum absolute atomic E-state index is 0. The van der Waals surface area contributed by atoms with Gasteiger partial charge in [0.1, 0.15) is 5.75 Å². The molecule has 1 fully saturated rings. The zero-order valence-corrected chi connectivity index (χ0v) is 16.9. The maximum absolute atomic E-state index is 13.0. The molecule has 154 valence electrons. The second-order valence-corrected chi connectivity index (χ2v) is 8.40. The van der Waals surface area contributed by atoms with E-state index in [0.717, 1.165) is 0 Å². The van der Waals surface area contributed by atoms with Crippen molar-refractivity contribution in [3.63, 3.8) is 0 Å². The van der Waals surface area contributed by atoms with Gasteiger partial charge in [0.25, 0.3) is 0 Å². The summed E-state index contributed by atoms with van der Waals surface area (Å²) in [5.74, 6) is -0.797. The number of phosphoric ester groups is 1. The molecule has 2 atom stereocenters. The number of hydrogen-bond acceptors (Lipinski definition) is 8. The van der Waals surface area contributed by atoms with Crippen molar-refractivity contribution in [1.29, 1.82) is 5.26 Å². The minimum atomic E-state index is -4.08. The van der Waals surface area contributed by atoms with E-state index in [4.69, 9.17) is 18.8 Å². The molecule has 0 saturated carbocycles. The molecule has 0 spiro atoms. The minimum Gasteiger partial charge on any atom is -0.469 e. The maximum Gasteiger partial charge on any atom is 0.530 e. The van der Waals surface area contributed by atoms with Gasteiger partial charge in [-0.3, -0.25) is 18.6 Å². The number of carbonyl (C=O) groups is 2. The summed E-state index contributed by atoms with van der Waals surface area (Å²) >= 11 is 0. The predicted octanol–water partition coefficient (Wildman–Crippen LogP) is 2.80. The first-order chi connectivity index (χ1) is 13.2. The van der Waals surface area contributed by atoms with Crippen LogP contribution in [0.25, 0.3) is 0 Å². The number of nitriles is 1. The number of ether oxygens (including phenoxy) is 1. The Morgan fingerprint density at radius 1 is 1.39 bits per heavy atom. The zero-order chi connectivity index (χ0) is 20.8. The van der Waals surface area contributed by atoms with Crippen LogP contribution in [0, 0.1) is 16.7 Å². The van der Waals surface area contributed by atoms with Crippen LogP contribution in [0.4, 0.5) is 0 Å². The van der Waals surface area contributed by atoms with Crippen molar-refractivity contribution in [3.05, 3.63) is 29.8 Å². The van der Waals surface area contributed by atoms with E-state index < -0.39 is 31.2 Å². The third-order valence-electron chi connectivity index (χ3n) is 4.23. The molecule has 10 heteroatoms. The van der Waals surface area contributed by atoms with Crippen LogP contribution in [-0.2, 0) is 27.9 Å². The molecule has 1 aliphatic rings. The van der Waals surface area contributed by atoms with Gasteiger partial charge in [-0.15, -0.1) is 0 Å². The van der Waals surface area contributed by atoms with Crippen LogP contribution in [0.2, 0.25) is 0 Å². The summed E-state index contributed by atoms with van der Waals surface area (Å²) in [6, 6.07) is 7.90. The number of methoxy groups -OCH3 is 1. The molecule has 2 rings (SSSR count). The number of nitrogens with zero attached hydrogens (tertiary/aromatic N) is 1. The van der Waals surface area contributed by atoms with Gasteiger partial charge in [0.15, 0.2) is 6.10 Å². The summed E-state index contributed by atoms with van der Waals surface area (Å²) in [6.07, 6.45) is -0.703. The van der Waals surface area contributed by atoms with Crippen molar-refractivity contribution in [3.8, 4) is 11.8 Å². The Hall–Kier alpha value is -2.40. The second-order valence-electron chi connectivity index (χ2n) is 6.85. The highest BCUT2D eigenvalue weighted by atomic mass is 31.2. The molecule has 1 aromatic carbocycles. The zero-order valence-electron chi connectivity index (χ0n) is 16.0. The van der Waals surface area contributed by atoms with Gasteiger partial charge in [-0.1, -0.05) is 13.8 Å². The van der Waals surface area contributed by atoms with Crippen molar-refractivity contribution >= 4 is 19.7 Å². The Kier molecular flexibility index (Phi) is 7.19. The molecule has 1 unspecified atom stereocenters. The van der Waals surface area contributed by atoms with Crippen LogP contribution in [-0.4, -0.2) is 38.2 Å². The first-order valence-electron chi connectivity index (χ1n) is 8.66. The van der Waals surface area contributed by atoms with Crippen molar-refractivity contribution in [2.75, 3.05) is 20.3 Å². The summed E-state index contributed by atoms with van der Waals surface area (Å²) in [5.41, 5.74) is -0.271. The fraction of sp³-hybridized carbons (Fsp3) is 0.500. The molecule has 1 heterocycles. The Labute approximate surface area is 165 Å². The van der Waals surface area contributed by atoms with E-state index in [-0.39, 0.29) is 26.7 Å². The van der Waals surface area contributed by atoms with E-state index in [1.807, 2.05) is 6.07 Å². The number of amides is 1. The Bertz CT molecular complexity index is 807. The van der Waals surface area contributed by atoms with Crippen LogP contribution in [0.15, 0.2) is 24.3 Å². The molecule has 1 N–H and O–H groups in total. The lowest BCUT2D eigenvalue weighted by Crippen LogP contribution is -2.45. The van der Waals surface area contributed by atoms with Gasteiger partial charge in [-0.2, -0.15) is 5.26 Å². The number of hydrogen-bond donors (Lipinski definition) is 1. The average Bonchev–Trinajstić information content (AvgIpc) is 2.77. The lowest BCUT2D eigenvalue weighted by molar-refractivity contribution is -0.140. The Morgan fingerprint density at radius 2 is 2.07 bits per heavy atom. The van der Waals surface area contributed by atoms with E-state index in [9.17, 15) is 14.2 Å². The third kappa shape index (κ3) is 5.80. The second kappa shape index (κ2) is 9.20. The lowest BCUT2D eigenvalue weighted by Gasteiger charge is -2.30. The van der Waals surface area contributed by atoms with Crippen LogP contribution in [0.1, 0.15) is 33.7 Å². The van der Waals surface area contributed by atoms with E-state index in [1.165, 1.54) is 31.4 Å². The highest BCUT2D eigenvalue weighted by Gasteiger charge is 2.46. The van der Waals surface area contributed by atoms with Gasteiger partial charge in [0.05, 0.1) is 31.8 Å². The average molecular weight is 412 g/mol. The lowest BCUT2D eigenvalue weighted by atomic mass is 9.83. The molecule has 1 aromatic rings. The van der Waals surface area contributed by atoms with E-state index in [1.54, 1.807) is 13.8 Å². The number of rotatable bonds is 6. The fourth-order valence-corrected chi connectivity index (χ4v) is 4.00. The van der Waals surface area contributed by atoms with Crippen molar-refractivity contribution in [2.45, 2.75) is 32.8 Å². The number of benzene rings is 1. The monoisotopic (exact) mass is 412 g/mol. The molecule has 1 saturated heterocycles. The summed E-state index contributed by atoms with van der Waals surface area (Å²) in [7, 11) is -2.82. The molecule has 1 aliphatic heterocycles.